The fourth-order valence-electron chi connectivity index (χ4n) is 2.92. The lowest BCUT2D eigenvalue weighted by molar-refractivity contribution is -0.140. The monoisotopic (exact) mass is 330 g/mol. The van der Waals surface area contributed by atoms with Gasteiger partial charge in [0.15, 0.2) is 0 Å². The van der Waals surface area contributed by atoms with Gasteiger partial charge in [-0.1, -0.05) is 20.8 Å². The first-order valence-electron chi connectivity index (χ1n) is 7.91. The molecular formula is C17H22N4OS. The molecule has 1 fully saturated rings. The van der Waals surface area contributed by atoms with Crippen LogP contribution in [0.5, 0.6) is 0 Å². The lowest BCUT2D eigenvalue weighted by Gasteiger charge is -2.30. The van der Waals surface area contributed by atoms with Crippen LogP contribution in [0.25, 0.3) is 10.6 Å². The first kappa shape index (κ1) is 16.1. The summed E-state index contributed by atoms with van der Waals surface area (Å²) in [6.07, 6.45) is 5.58. The van der Waals surface area contributed by atoms with Gasteiger partial charge in [0.2, 0.25) is 5.91 Å². The largest absolute Gasteiger partial charge is 0.334 e. The van der Waals surface area contributed by atoms with Crippen molar-refractivity contribution in [2.45, 2.75) is 46.6 Å². The Morgan fingerprint density at radius 3 is 2.61 bits per heavy atom. The molecule has 1 atom stereocenters. The minimum Gasteiger partial charge on any atom is -0.334 e. The smallest absolute Gasteiger partial charge is 0.228 e. The average Bonchev–Trinajstić information content (AvgIpc) is 3.14. The topological polar surface area (TPSA) is 59.0 Å². The molecule has 1 saturated heterocycles. The second-order valence-corrected chi connectivity index (χ2v) is 7.85. The molecule has 0 radical (unpaired) electrons. The SMILES string of the molecule is Cc1ncsc1-c1cnc([C@@H]2CCCN2C(=O)C(C)(C)C)cn1. The van der Waals surface area contributed by atoms with Crippen molar-refractivity contribution in [2.75, 3.05) is 6.54 Å². The first-order chi connectivity index (χ1) is 10.9. The highest BCUT2D eigenvalue weighted by Crippen LogP contribution is 2.34. The van der Waals surface area contributed by atoms with Crippen molar-refractivity contribution in [1.29, 1.82) is 0 Å². The summed E-state index contributed by atoms with van der Waals surface area (Å²) in [6, 6.07) is 0.0471. The van der Waals surface area contributed by atoms with E-state index in [-0.39, 0.29) is 17.4 Å². The number of carbonyl (C=O) groups excluding carboxylic acids is 1. The molecular weight excluding hydrogens is 308 g/mol. The van der Waals surface area contributed by atoms with Gasteiger partial charge in [-0.05, 0) is 19.8 Å². The summed E-state index contributed by atoms with van der Waals surface area (Å²) < 4.78 is 0. The molecule has 1 amide bonds. The molecule has 5 nitrogen and oxygen atoms in total. The molecule has 2 aromatic rings. The number of thiazole rings is 1. The summed E-state index contributed by atoms with van der Waals surface area (Å²) in [5.41, 5.74) is 4.16. The maximum atomic E-state index is 12.6. The van der Waals surface area contributed by atoms with Crippen molar-refractivity contribution in [3.05, 3.63) is 29.3 Å². The summed E-state index contributed by atoms with van der Waals surface area (Å²) in [6.45, 7) is 8.67. The summed E-state index contributed by atoms with van der Waals surface area (Å²) in [5, 5.41) is 0. The van der Waals surface area contributed by atoms with Gasteiger partial charge < -0.3 is 4.90 Å². The van der Waals surface area contributed by atoms with Crippen molar-refractivity contribution >= 4 is 17.2 Å². The zero-order chi connectivity index (χ0) is 16.6. The molecule has 0 aliphatic carbocycles. The summed E-state index contributed by atoms with van der Waals surface area (Å²) in [4.78, 5) is 29.0. The van der Waals surface area contributed by atoms with Crippen molar-refractivity contribution in [3.8, 4) is 10.6 Å². The predicted molar refractivity (Wildman–Crippen MR) is 91.0 cm³/mol. The van der Waals surface area contributed by atoms with Crippen LogP contribution in [-0.2, 0) is 4.79 Å². The number of likely N-dealkylation sites (tertiary alicyclic amines) is 1. The van der Waals surface area contributed by atoms with Gasteiger partial charge in [-0.15, -0.1) is 11.3 Å². The maximum Gasteiger partial charge on any atom is 0.228 e. The predicted octanol–water partition coefficient (Wildman–Crippen LogP) is 3.62. The Labute approximate surface area is 140 Å². The third kappa shape index (κ3) is 3.13. The van der Waals surface area contributed by atoms with Gasteiger partial charge in [0.05, 0.1) is 40.2 Å². The van der Waals surface area contributed by atoms with Crippen LogP contribution in [0.15, 0.2) is 17.9 Å². The summed E-state index contributed by atoms with van der Waals surface area (Å²) >= 11 is 1.57. The Morgan fingerprint density at radius 2 is 2.04 bits per heavy atom. The molecule has 2 aromatic heterocycles. The second-order valence-electron chi connectivity index (χ2n) is 7.00. The van der Waals surface area contributed by atoms with E-state index in [1.54, 1.807) is 17.5 Å². The van der Waals surface area contributed by atoms with E-state index in [2.05, 4.69) is 15.0 Å². The van der Waals surface area contributed by atoms with Gasteiger partial charge in [0.1, 0.15) is 5.69 Å². The highest BCUT2D eigenvalue weighted by Gasteiger charge is 2.36. The Bertz CT molecular complexity index is 702. The standard InChI is InChI=1S/C17H22N4OS/c1-11-15(23-10-20-11)13-9-18-12(8-19-13)14-6-5-7-21(14)16(22)17(2,3)4/h8-10,14H,5-7H2,1-4H3/t14-/m0/s1. The van der Waals surface area contributed by atoms with Crippen LogP contribution in [-0.4, -0.2) is 32.3 Å². The lowest BCUT2D eigenvalue weighted by Crippen LogP contribution is -2.39. The number of carbonyl (C=O) groups is 1. The van der Waals surface area contributed by atoms with Crippen LogP contribution in [0.3, 0.4) is 0 Å². The zero-order valence-electron chi connectivity index (χ0n) is 14.0. The molecule has 0 aromatic carbocycles. The minimum absolute atomic E-state index is 0.0471. The highest BCUT2D eigenvalue weighted by atomic mass is 32.1. The average molecular weight is 330 g/mol. The quantitative estimate of drug-likeness (QED) is 0.844. The van der Waals surface area contributed by atoms with E-state index < -0.39 is 0 Å². The van der Waals surface area contributed by atoms with Gasteiger partial charge in [-0.25, -0.2) is 4.98 Å². The highest BCUT2D eigenvalue weighted by molar-refractivity contribution is 7.13. The molecule has 0 bridgehead atoms. The number of hydrogen-bond donors (Lipinski definition) is 0. The van der Waals surface area contributed by atoms with Gasteiger partial charge in [-0.3, -0.25) is 14.8 Å². The summed E-state index contributed by atoms with van der Waals surface area (Å²) in [7, 11) is 0. The summed E-state index contributed by atoms with van der Waals surface area (Å²) in [5.74, 6) is 0.184. The molecule has 122 valence electrons. The van der Waals surface area contributed by atoms with Crippen molar-refractivity contribution in [3.63, 3.8) is 0 Å². The molecule has 1 aliphatic rings. The van der Waals surface area contributed by atoms with Crippen LogP contribution in [0, 0.1) is 12.3 Å². The Hall–Kier alpha value is -1.82. The van der Waals surface area contributed by atoms with Crippen molar-refractivity contribution in [2.24, 2.45) is 5.41 Å². The number of hydrogen-bond acceptors (Lipinski definition) is 5. The Kier molecular flexibility index (Phi) is 4.19. The van der Waals surface area contributed by atoms with Crippen LogP contribution < -0.4 is 0 Å². The van der Waals surface area contributed by atoms with Crippen LogP contribution in [0.4, 0.5) is 0 Å². The molecule has 1 aliphatic heterocycles. The van der Waals surface area contributed by atoms with Crippen LogP contribution in [0.2, 0.25) is 0 Å². The fourth-order valence-corrected chi connectivity index (χ4v) is 3.69. The third-order valence-electron chi connectivity index (χ3n) is 4.15. The third-order valence-corrected chi connectivity index (χ3v) is 5.10. The van der Waals surface area contributed by atoms with E-state index in [0.29, 0.717) is 0 Å². The van der Waals surface area contributed by atoms with E-state index >= 15 is 0 Å². The molecule has 0 spiro atoms. The lowest BCUT2D eigenvalue weighted by atomic mass is 9.94. The maximum absolute atomic E-state index is 12.6. The van der Waals surface area contributed by atoms with E-state index in [1.165, 1.54) is 0 Å². The number of aryl methyl sites for hydroxylation is 1. The first-order valence-corrected chi connectivity index (χ1v) is 8.79. The zero-order valence-corrected chi connectivity index (χ0v) is 14.9. The molecule has 3 heterocycles. The van der Waals surface area contributed by atoms with Crippen LogP contribution >= 0.6 is 11.3 Å². The Balaban J connectivity index is 1.84. The Morgan fingerprint density at radius 1 is 1.26 bits per heavy atom. The molecule has 0 unspecified atom stereocenters. The minimum atomic E-state index is -0.365. The molecule has 0 N–H and O–H groups in total. The van der Waals surface area contributed by atoms with Crippen molar-refractivity contribution < 1.29 is 4.79 Å². The number of aromatic nitrogens is 3. The molecule has 0 saturated carbocycles. The molecule has 3 rings (SSSR count). The van der Waals surface area contributed by atoms with Gasteiger partial charge in [0.25, 0.3) is 0 Å². The van der Waals surface area contributed by atoms with Gasteiger partial charge >= 0.3 is 0 Å². The van der Waals surface area contributed by atoms with Crippen molar-refractivity contribution in [1.82, 2.24) is 19.9 Å². The number of amides is 1. The van der Waals surface area contributed by atoms with E-state index in [4.69, 9.17) is 0 Å². The second kappa shape index (κ2) is 6.00. The fraction of sp³-hybridized carbons (Fsp3) is 0.529. The van der Waals surface area contributed by atoms with E-state index in [9.17, 15) is 4.79 Å². The van der Waals surface area contributed by atoms with Crippen LogP contribution in [0.1, 0.15) is 51.0 Å². The van der Waals surface area contributed by atoms with E-state index in [0.717, 1.165) is 41.3 Å². The number of nitrogens with zero attached hydrogens (tertiary/aromatic N) is 4. The normalized spacial score (nSPS) is 18.4. The van der Waals surface area contributed by atoms with Gasteiger partial charge in [0, 0.05) is 12.0 Å². The molecule has 6 heteroatoms. The van der Waals surface area contributed by atoms with Gasteiger partial charge in [-0.2, -0.15) is 0 Å². The van der Waals surface area contributed by atoms with E-state index in [1.807, 2.05) is 44.3 Å². The number of rotatable bonds is 2. The molecule has 23 heavy (non-hydrogen) atoms.